The van der Waals surface area contributed by atoms with Crippen molar-refractivity contribution < 1.29 is 14.3 Å². The van der Waals surface area contributed by atoms with Gasteiger partial charge in [-0.15, -0.1) is 11.3 Å². The summed E-state index contributed by atoms with van der Waals surface area (Å²) in [5, 5.41) is 8.50. The van der Waals surface area contributed by atoms with Crippen molar-refractivity contribution >= 4 is 39.7 Å². The summed E-state index contributed by atoms with van der Waals surface area (Å²) in [6.45, 7) is 4.06. The van der Waals surface area contributed by atoms with Crippen LogP contribution in [0.2, 0.25) is 0 Å². The Morgan fingerprint density at radius 2 is 2.15 bits per heavy atom. The highest BCUT2D eigenvalue weighted by atomic mass is 32.1. The van der Waals surface area contributed by atoms with Crippen molar-refractivity contribution in [3.8, 4) is 5.75 Å². The zero-order valence-electron chi connectivity index (χ0n) is 18.2. The molecule has 5 rings (SSSR count). The lowest BCUT2D eigenvalue weighted by atomic mass is 10.1. The second-order valence-corrected chi connectivity index (χ2v) is 8.70. The molecule has 2 N–H and O–H groups in total. The van der Waals surface area contributed by atoms with Crippen molar-refractivity contribution in [1.82, 2.24) is 15.3 Å². The van der Waals surface area contributed by atoms with E-state index in [9.17, 15) is 9.59 Å². The van der Waals surface area contributed by atoms with Gasteiger partial charge in [0.15, 0.2) is 5.13 Å². The number of carbonyl (C=O) groups excluding carboxylic acids is 2. The molecule has 170 valence electrons. The average Bonchev–Trinajstić information content (AvgIpc) is 3.34. The van der Waals surface area contributed by atoms with Gasteiger partial charge in [-0.05, 0) is 36.7 Å². The van der Waals surface area contributed by atoms with Crippen molar-refractivity contribution in [2.24, 2.45) is 0 Å². The SMILES string of the molecule is COc1ccc2c(c1)C(=O)N(c1nc(C(=O)Nc3cnccc3N3CCCNCC3)cs1)C2. The molecule has 2 aromatic heterocycles. The van der Waals surface area contributed by atoms with Crippen molar-refractivity contribution in [3.05, 3.63) is 58.9 Å². The summed E-state index contributed by atoms with van der Waals surface area (Å²) in [4.78, 5) is 38.4. The number of fused-ring (bicyclic) bond motifs is 1. The predicted molar refractivity (Wildman–Crippen MR) is 128 cm³/mol. The summed E-state index contributed by atoms with van der Waals surface area (Å²) < 4.78 is 5.23. The van der Waals surface area contributed by atoms with E-state index in [0.717, 1.165) is 43.9 Å². The number of methoxy groups -OCH3 is 1. The molecular weight excluding hydrogens is 440 g/mol. The number of pyridine rings is 1. The zero-order chi connectivity index (χ0) is 22.8. The molecule has 0 aliphatic carbocycles. The molecule has 1 fully saturated rings. The number of nitrogens with one attached hydrogen (secondary N) is 2. The number of rotatable bonds is 5. The Morgan fingerprint density at radius 1 is 1.24 bits per heavy atom. The molecule has 0 radical (unpaired) electrons. The van der Waals surface area contributed by atoms with E-state index in [-0.39, 0.29) is 17.5 Å². The van der Waals surface area contributed by atoms with Crippen molar-refractivity contribution in [2.45, 2.75) is 13.0 Å². The number of thiazole rings is 1. The van der Waals surface area contributed by atoms with Crippen LogP contribution in [0.3, 0.4) is 0 Å². The van der Waals surface area contributed by atoms with E-state index in [1.54, 1.807) is 35.8 Å². The fourth-order valence-electron chi connectivity index (χ4n) is 4.09. The number of nitrogens with zero attached hydrogens (tertiary/aromatic N) is 4. The second-order valence-electron chi connectivity index (χ2n) is 7.87. The molecule has 0 saturated carbocycles. The summed E-state index contributed by atoms with van der Waals surface area (Å²) in [5.74, 6) is 0.163. The molecule has 4 heterocycles. The summed E-state index contributed by atoms with van der Waals surface area (Å²) >= 11 is 1.27. The van der Waals surface area contributed by atoms with Crippen LogP contribution >= 0.6 is 11.3 Å². The Kier molecular flexibility index (Phi) is 5.93. The van der Waals surface area contributed by atoms with E-state index in [0.29, 0.717) is 28.7 Å². The Bertz CT molecular complexity index is 1190. The standard InChI is InChI=1S/C23H24N6O3S/c1-32-16-4-3-15-13-29(22(31)17(15)11-16)23-27-19(14-33-23)21(30)26-18-12-25-7-5-20(18)28-9-2-6-24-8-10-28/h3-5,7,11-12,14,24H,2,6,8-10,13H2,1H3,(H,26,30). The van der Waals surface area contributed by atoms with Crippen LogP contribution in [0.15, 0.2) is 42.0 Å². The van der Waals surface area contributed by atoms with Gasteiger partial charge in [0.2, 0.25) is 0 Å². The van der Waals surface area contributed by atoms with Crippen LogP contribution in [-0.2, 0) is 6.54 Å². The first-order valence-electron chi connectivity index (χ1n) is 10.8. The Hall–Kier alpha value is -3.50. The quantitative estimate of drug-likeness (QED) is 0.599. The summed E-state index contributed by atoms with van der Waals surface area (Å²) in [5.41, 5.74) is 3.37. The Balaban J connectivity index is 1.32. The topological polar surface area (TPSA) is 99.7 Å². The molecule has 3 aromatic rings. The smallest absolute Gasteiger partial charge is 0.275 e. The van der Waals surface area contributed by atoms with Gasteiger partial charge in [0, 0.05) is 36.8 Å². The molecule has 1 aromatic carbocycles. The fraction of sp³-hybridized carbons (Fsp3) is 0.304. The lowest BCUT2D eigenvalue weighted by molar-refractivity contribution is 0.0991. The highest BCUT2D eigenvalue weighted by molar-refractivity contribution is 7.14. The van der Waals surface area contributed by atoms with Crippen LogP contribution in [0.1, 0.15) is 32.8 Å². The third kappa shape index (κ3) is 4.27. The first-order chi connectivity index (χ1) is 16.1. The van der Waals surface area contributed by atoms with E-state index in [1.807, 2.05) is 18.2 Å². The fourth-order valence-corrected chi connectivity index (χ4v) is 4.89. The summed E-state index contributed by atoms with van der Waals surface area (Å²) in [6, 6.07) is 7.38. The molecule has 2 aliphatic heterocycles. The van der Waals surface area contributed by atoms with E-state index in [1.165, 1.54) is 11.3 Å². The van der Waals surface area contributed by atoms with Gasteiger partial charge in [-0.25, -0.2) is 4.98 Å². The number of anilines is 3. The molecule has 2 aliphatic rings. The highest BCUT2D eigenvalue weighted by Gasteiger charge is 2.31. The maximum atomic E-state index is 13.0. The first kappa shape index (κ1) is 21.4. The monoisotopic (exact) mass is 464 g/mol. The van der Waals surface area contributed by atoms with E-state index < -0.39 is 0 Å². The van der Waals surface area contributed by atoms with Crippen LogP contribution < -0.4 is 25.2 Å². The Morgan fingerprint density at radius 3 is 3.03 bits per heavy atom. The van der Waals surface area contributed by atoms with Crippen LogP contribution in [0.4, 0.5) is 16.5 Å². The summed E-state index contributed by atoms with van der Waals surface area (Å²) in [7, 11) is 1.57. The number of aromatic nitrogens is 2. The average molecular weight is 465 g/mol. The van der Waals surface area contributed by atoms with Gasteiger partial charge in [-0.1, -0.05) is 6.07 Å². The van der Waals surface area contributed by atoms with Crippen LogP contribution in [0.25, 0.3) is 0 Å². The predicted octanol–water partition coefficient (Wildman–Crippen LogP) is 2.76. The largest absolute Gasteiger partial charge is 0.497 e. The number of hydrogen-bond donors (Lipinski definition) is 2. The van der Waals surface area contributed by atoms with Crippen molar-refractivity contribution in [3.63, 3.8) is 0 Å². The molecule has 0 bridgehead atoms. The molecule has 33 heavy (non-hydrogen) atoms. The van der Waals surface area contributed by atoms with Crippen molar-refractivity contribution in [1.29, 1.82) is 0 Å². The zero-order valence-corrected chi connectivity index (χ0v) is 19.0. The van der Waals surface area contributed by atoms with Gasteiger partial charge in [0.25, 0.3) is 11.8 Å². The third-order valence-corrected chi connectivity index (χ3v) is 6.67. The van der Waals surface area contributed by atoms with Crippen LogP contribution in [0, 0.1) is 0 Å². The molecule has 2 amide bonds. The third-order valence-electron chi connectivity index (χ3n) is 5.80. The minimum Gasteiger partial charge on any atom is -0.497 e. The van der Waals surface area contributed by atoms with E-state index >= 15 is 0 Å². The lowest BCUT2D eigenvalue weighted by Crippen LogP contribution is -2.29. The summed E-state index contributed by atoms with van der Waals surface area (Å²) in [6.07, 6.45) is 4.42. The van der Waals surface area contributed by atoms with Crippen molar-refractivity contribution in [2.75, 3.05) is 48.4 Å². The van der Waals surface area contributed by atoms with Gasteiger partial charge in [-0.3, -0.25) is 19.5 Å². The van der Waals surface area contributed by atoms with Gasteiger partial charge >= 0.3 is 0 Å². The normalized spacial score (nSPS) is 15.8. The number of ether oxygens (including phenoxy) is 1. The van der Waals surface area contributed by atoms with Gasteiger partial charge < -0.3 is 20.3 Å². The van der Waals surface area contributed by atoms with E-state index in [4.69, 9.17) is 4.74 Å². The number of carbonyl (C=O) groups is 2. The molecular formula is C23H24N6O3S. The minimum absolute atomic E-state index is 0.144. The number of hydrogen-bond acceptors (Lipinski definition) is 8. The molecule has 0 unspecified atom stereocenters. The first-order valence-corrected chi connectivity index (χ1v) is 11.7. The number of amides is 2. The second kappa shape index (κ2) is 9.16. The molecule has 10 heteroatoms. The molecule has 9 nitrogen and oxygen atoms in total. The molecule has 0 atom stereocenters. The van der Waals surface area contributed by atoms with Gasteiger partial charge in [-0.2, -0.15) is 0 Å². The van der Waals surface area contributed by atoms with E-state index in [2.05, 4.69) is 25.5 Å². The van der Waals surface area contributed by atoms with Crippen LogP contribution in [-0.4, -0.2) is 55.1 Å². The highest BCUT2D eigenvalue weighted by Crippen LogP contribution is 2.33. The minimum atomic E-state index is -0.328. The van der Waals surface area contributed by atoms with Gasteiger partial charge in [0.1, 0.15) is 11.4 Å². The number of benzene rings is 1. The maximum absolute atomic E-state index is 13.0. The van der Waals surface area contributed by atoms with Crippen LogP contribution in [0.5, 0.6) is 5.75 Å². The molecule has 0 spiro atoms. The lowest BCUT2D eigenvalue weighted by Gasteiger charge is -2.24. The van der Waals surface area contributed by atoms with Gasteiger partial charge in [0.05, 0.1) is 31.2 Å². The maximum Gasteiger partial charge on any atom is 0.275 e. The Labute approximate surface area is 195 Å². The molecule has 1 saturated heterocycles.